The van der Waals surface area contributed by atoms with Crippen molar-refractivity contribution in [3.05, 3.63) is 28.8 Å². The van der Waals surface area contributed by atoms with Crippen LogP contribution in [0.25, 0.3) is 0 Å². The number of rotatable bonds is 2. The van der Waals surface area contributed by atoms with Crippen LogP contribution in [-0.4, -0.2) is 48.7 Å². The summed E-state index contributed by atoms with van der Waals surface area (Å²) in [6, 6.07) is 4.42. The first kappa shape index (κ1) is 18.4. The van der Waals surface area contributed by atoms with Crippen LogP contribution in [0.3, 0.4) is 0 Å². The summed E-state index contributed by atoms with van der Waals surface area (Å²) in [6.45, 7) is 9.12. The molecule has 8 heteroatoms. The number of ether oxygens (including phenoxy) is 1. The van der Waals surface area contributed by atoms with Gasteiger partial charge in [0.1, 0.15) is 0 Å². The minimum Gasteiger partial charge on any atom is -0.379 e. The highest BCUT2D eigenvalue weighted by atomic mass is 32.3. The highest BCUT2D eigenvalue weighted by molar-refractivity contribution is 7.80. The lowest BCUT2D eigenvalue weighted by atomic mass is 10.0. The van der Waals surface area contributed by atoms with Gasteiger partial charge in [-0.3, -0.25) is 14.0 Å². The second kappa shape index (κ2) is 8.11. The van der Waals surface area contributed by atoms with Gasteiger partial charge in [0.15, 0.2) is 0 Å². The van der Waals surface area contributed by atoms with E-state index in [1.54, 1.807) is 0 Å². The van der Waals surface area contributed by atoms with Crippen molar-refractivity contribution >= 4 is 23.0 Å². The van der Waals surface area contributed by atoms with Crippen molar-refractivity contribution in [1.82, 2.24) is 4.90 Å². The van der Waals surface area contributed by atoms with E-state index in [1.807, 2.05) is 0 Å². The van der Waals surface area contributed by atoms with Crippen LogP contribution in [0.5, 0.6) is 0 Å². The molecule has 6 nitrogen and oxygen atoms in total. The molecule has 0 bridgehead atoms. The first-order chi connectivity index (χ1) is 9.66. The third-order valence-corrected chi connectivity index (χ3v) is 3.63. The van der Waals surface area contributed by atoms with Crippen molar-refractivity contribution < 1.29 is 22.3 Å². The zero-order valence-corrected chi connectivity index (χ0v) is 13.8. The first-order valence-corrected chi connectivity index (χ1v) is 8.30. The molecule has 2 N–H and O–H groups in total. The highest BCUT2D eigenvalue weighted by Crippen LogP contribution is 2.20. The van der Waals surface area contributed by atoms with E-state index in [4.69, 9.17) is 22.3 Å². The van der Waals surface area contributed by atoms with E-state index < -0.39 is 10.4 Å². The quantitative estimate of drug-likeness (QED) is 0.564. The fraction of sp³-hybridized carbons (Fsp3) is 0.538. The van der Waals surface area contributed by atoms with Gasteiger partial charge < -0.3 is 4.74 Å². The maximum absolute atomic E-state index is 8.74. The molecule has 0 aliphatic carbocycles. The molecular formula is C13H21NO5S2. The molecular weight excluding hydrogens is 314 g/mol. The van der Waals surface area contributed by atoms with Crippen molar-refractivity contribution in [3.63, 3.8) is 0 Å². The van der Waals surface area contributed by atoms with Crippen molar-refractivity contribution in [2.75, 3.05) is 26.3 Å². The maximum atomic E-state index is 8.74. The predicted molar refractivity (Wildman–Crippen MR) is 83.4 cm³/mol. The Labute approximate surface area is 131 Å². The topological polar surface area (TPSA) is 87.1 Å². The molecule has 1 saturated heterocycles. The summed E-state index contributed by atoms with van der Waals surface area (Å²) in [7, 11) is -4.67. The zero-order chi connectivity index (χ0) is 16.0. The first-order valence-electron chi connectivity index (χ1n) is 6.46. The predicted octanol–water partition coefficient (Wildman–Crippen LogP) is 1.77. The summed E-state index contributed by atoms with van der Waals surface area (Å²) in [5.74, 6) is 0. The Morgan fingerprint density at radius 3 is 2.24 bits per heavy atom. The number of hydrogen-bond acceptors (Lipinski definition) is 5. The van der Waals surface area contributed by atoms with Crippen LogP contribution in [-0.2, 0) is 21.7 Å². The van der Waals surface area contributed by atoms with Gasteiger partial charge in [-0.1, -0.05) is 6.07 Å². The Morgan fingerprint density at radius 2 is 1.71 bits per heavy atom. The molecule has 0 spiro atoms. The lowest BCUT2D eigenvalue weighted by molar-refractivity contribution is 0.0341. The molecule has 21 heavy (non-hydrogen) atoms. The summed E-state index contributed by atoms with van der Waals surface area (Å²) in [4.78, 5) is 3.53. The highest BCUT2D eigenvalue weighted by Gasteiger charge is 2.12. The number of aryl methyl sites for hydroxylation is 2. The molecule has 0 unspecified atom stereocenters. The molecule has 0 saturated carbocycles. The molecule has 0 aromatic heterocycles. The molecule has 2 rings (SSSR count). The summed E-state index contributed by atoms with van der Waals surface area (Å²) >= 11 is 4.45. The number of thiol groups is 1. The normalized spacial score (nSPS) is 16.2. The van der Waals surface area contributed by atoms with E-state index in [1.165, 1.54) is 16.7 Å². The zero-order valence-electron chi connectivity index (χ0n) is 12.1. The van der Waals surface area contributed by atoms with Gasteiger partial charge in [-0.2, -0.15) is 8.42 Å². The standard InChI is InChI=1S/C13H19NOS.H2O4S/c1-10-8-13(16)11(2)7-12(10)9-14-3-5-15-6-4-14;1-5(2,3)4/h7-8,16H,3-6,9H2,1-2H3;(H2,1,2,3,4). The van der Waals surface area contributed by atoms with Crippen molar-refractivity contribution in [3.8, 4) is 0 Å². The van der Waals surface area contributed by atoms with Crippen LogP contribution in [0, 0.1) is 13.8 Å². The second-order valence-electron chi connectivity index (χ2n) is 4.90. The smallest absolute Gasteiger partial charge is 0.379 e. The van der Waals surface area contributed by atoms with E-state index in [2.05, 4.69) is 43.5 Å². The Hall–Kier alpha value is -0.640. The van der Waals surface area contributed by atoms with Crippen molar-refractivity contribution in [1.29, 1.82) is 0 Å². The van der Waals surface area contributed by atoms with Gasteiger partial charge in [0.25, 0.3) is 0 Å². The van der Waals surface area contributed by atoms with Gasteiger partial charge in [-0.15, -0.1) is 12.6 Å². The molecule has 1 aromatic rings. The van der Waals surface area contributed by atoms with E-state index >= 15 is 0 Å². The average molecular weight is 335 g/mol. The fourth-order valence-electron chi connectivity index (χ4n) is 2.03. The fourth-order valence-corrected chi connectivity index (χ4v) is 2.29. The minimum absolute atomic E-state index is 0.864. The van der Waals surface area contributed by atoms with Crippen LogP contribution < -0.4 is 0 Å². The van der Waals surface area contributed by atoms with Gasteiger partial charge in [0, 0.05) is 24.5 Å². The Morgan fingerprint density at radius 1 is 1.19 bits per heavy atom. The second-order valence-corrected chi connectivity index (χ2v) is 6.28. The lowest BCUT2D eigenvalue weighted by Gasteiger charge is -2.27. The molecule has 1 aromatic carbocycles. The van der Waals surface area contributed by atoms with Gasteiger partial charge >= 0.3 is 10.4 Å². The van der Waals surface area contributed by atoms with Crippen LogP contribution in [0.2, 0.25) is 0 Å². The van der Waals surface area contributed by atoms with E-state index in [9.17, 15) is 0 Å². The molecule has 0 amide bonds. The monoisotopic (exact) mass is 335 g/mol. The Kier molecular flexibility index (Phi) is 7.11. The van der Waals surface area contributed by atoms with Gasteiger partial charge in [-0.05, 0) is 36.6 Å². The SMILES string of the molecule is Cc1cc(CN2CCOCC2)c(C)cc1S.O=S(=O)(O)O. The molecule has 1 heterocycles. The van der Waals surface area contributed by atoms with E-state index in [0.717, 1.165) is 37.7 Å². The Bertz CT molecular complexity index is 560. The largest absolute Gasteiger partial charge is 0.394 e. The number of benzene rings is 1. The Balaban J connectivity index is 0.000000383. The molecule has 0 atom stereocenters. The summed E-state index contributed by atoms with van der Waals surface area (Å²) in [6.07, 6.45) is 0. The van der Waals surface area contributed by atoms with Crippen LogP contribution >= 0.6 is 12.6 Å². The van der Waals surface area contributed by atoms with Crippen LogP contribution in [0.4, 0.5) is 0 Å². The van der Waals surface area contributed by atoms with Gasteiger partial charge in [-0.25, -0.2) is 0 Å². The molecule has 0 radical (unpaired) electrons. The average Bonchev–Trinajstić information content (AvgIpc) is 2.35. The summed E-state index contributed by atoms with van der Waals surface area (Å²) in [5.41, 5.74) is 4.01. The number of morpholine rings is 1. The molecule has 1 aliphatic rings. The van der Waals surface area contributed by atoms with Gasteiger partial charge in [0.05, 0.1) is 13.2 Å². The van der Waals surface area contributed by atoms with E-state index in [0.29, 0.717) is 0 Å². The lowest BCUT2D eigenvalue weighted by Crippen LogP contribution is -2.35. The molecule has 120 valence electrons. The van der Waals surface area contributed by atoms with Crippen molar-refractivity contribution in [2.24, 2.45) is 0 Å². The minimum atomic E-state index is -4.67. The van der Waals surface area contributed by atoms with E-state index in [-0.39, 0.29) is 0 Å². The van der Waals surface area contributed by atoms with Crippen LogP contribution in [0.1, 0.15) is 16.7 Å². The number of nitrogens with zero attached hydrogens (tertiary/aromatic N) is 1. The van der Waals surface area contributed by atoms with Gasteiger partial charge in [0.2, 0.25) is 0 Å². The van der Waals surface area contributed by atoms with Crippen molar-refractivity contribution in [2.45, 2.75) is 25.3 Å². The third-order valence-electron chi connectivity index (χ3n) is 3.15. The third kappa shape index (κ3) is 7.79. The summed E-state index contributed by atoms with van der Waals surface area (Å²) in [5, 5.41) is 0. The van der Waals surface area contributed by atoms with Crippen LogP contribution in [0.15, 0.2) is 17.0 Å². The number of hydrogen-bond donors (Lipinski definition) is 3. The maximum Gasteiger partial charge on any atom is 0.394 e. The summed E-state index contributed by atoms with van der Waals surface area (Å²) < 4.78 is 36.9. The molecule has 1 fully saturated rings. The molecule has 1 aliphatic heterocycles.